The molecule has 158 valence electrons. The fourth-order valence-corrected chi connectivity index (χ4v) is 3.45. The molecular weight excluding hydrogens is 378 g/mol. The Morgan fingerprint density at radius 3 is 2.43 bits per heavy atom. The van der Waals surface area contributed by atoms with Crippen LogP contribution >= 0.6 is 0 Å². The third kappa shape index (κ3) is 5.94. The highest BCUT2D eigenvalue weighted by molar-refractivity contribution is 6.09. The van der Waals surface area contributed by atoms with Crippen LogP contribution in [-0.2, 0) is 4.79 Å². The molecule has 0 saturated carbocycles. The van der Waals surface area contributed by atoms with Gasteiger partial charge in [-0.2, -0.15) is 0 Å². The molecule has 0 atom stereocenters. The van der Waals surface area contributed by atoms with Gasteiger partial charge in [-0.25, -0.2) is 0 Å². The minimum atomic E-state index is -0.295. The molecule has 1 fully saturated rings. The number of hydrogen-bond acceptors (Lipinski definition) is 5. The lowest BCUT2D eigenvalue weighted by Crippen LogP contribution is -2.25. The van der Waals surface area contributed by atoms with Crippen molar-refractivity contribution < 1.29 is 14.7 Å². The number of benzene rings is 2. The molecule has 2 N–H and O–H groups in total. The van der Waals surface area contributed by atoms with Crippen LogP contribution in [0.1, 0.15) is 35.2 Å². The molecule has 1 amide bonds. The van der Waals surface area contributed by atoms with Gasteiger partial charge in [-0.05, 0) is 61.8 Å². The van der Waals surface area contributed by atoms with E-state index >= 15 is 0 Å². The van der Waals surface area contributed by atoms with E-state index in [9.17, 15) is 14.7 Å². The Labute approximate surface area is 177 Å². The number of rotatable bonds is 8. The van der Waals surface area contributed by atoms with Gasteiger partial charge in [0.25, 0.3) is 0 Å². The number of phenols is 1. The Kier molecular flexibility index (Phi) is 7.25. The normalized spacial score (nSPS) is 14.2. The molecule has 1 aliphatic rings. The van der Waals surface area contributed by atoms with Crippen LogP contribution in [0, 0.1) is 0 Å². The Morgan fingerprint density at radius 2 is 1.80 bits per heavy atom. The van der Waals surface area contributed by atoms with Gasteiger partial charge in [-0.3, -0.25) is 9.59 Å². The SMILES string of the molecule is CN(C)c1ccc(/C=C/C(=O)c2ccc(NC(=O)CCN3CCCC3)cc2O)cc1. The Bertz CT molecular complexity index is 914. The molecule has 1 saturated heterocycles. The van der Waals surface area contributed by atoms with E-state index in [2.05, 4.69) is 10.2 Å². The van der Waals surface area contributed by atoms with Crippen molar-refractivity contribution >= 4 is 29.1 Å². The average Bonchev–Trinajstić information content (AvgIpc) is 3.24. The third-order valence-electron chi connectivity index (χ3n) is 5.24. The molecule has 6 heteroatoms. The summed E-state index contributed by atoms with van der Waals surface area (Å²) in [4.78, 5) is 28.9. The first kappa shape index (κ1) is 21.6. The maximum atomic E-state index is 12.4. The number of anilines is 2. The van der Waals surface area contributed by atoms with Crippen LogP contribution in [0.25, 0.3) is 6.08 Å². The summed E-state index contributed by atoms with van der Waals surface area (Å²) in [6.45, 7) is 2.85. The van der Waals surface area contributed by atoms with Crippen molar-refractivity contribution in [1.29, 1.82) is 0 Å². The van der Waals surface area contributed by atoms with Crippen LogP contribution in [0.4, 0.5) is 11.4 Å². The second kappa shape index (κ2) is 10.1. The van der Waals surface area contributed by atoms with E-state index in [0.29, 0.717) is 12.1 Å². The molecule has 0 bridgehead atoms. The number of ketones is 1. The zero-order chi connectivity index (χ0) is 21.5. The monoisotopic (exact) mass is 407 g/mol. The minimum Gasteiger partial charge on any atom is -0.507 e. The lowest BCUT2D eigenvalue weighted by molar-refractivity contribution is -0.116. The van der Waals surface area contributed by atoms with Crippen molar-refractivity contribution in [3.8, 4) is 5.75 Å². The first-order valence-electron chi connectivity index (χ1n) is 10.3. The van der Waals surface area contributed by atoms with Crippen LogP contribution in [-0.4, -0.2) is 55.4 Å². The van der Waals surface area contributed by atoms with E-state index in [4.69, 9.17) is 0 Å². The van der Waals surface area contributed by atoms with Crippen molar-refractivity contribution in [1.82, 2.24) is 4.90 Å². The fourth-order valence-electron chi connectivity index (χ4n) is 3.45. The minimum absolute atomic E-state index is 0.0959. The van der Waals surface area contributed by atoms with Crippen molar-refractivity contribution in [3.63, 3.8) is 0 Å². The van der Waals surface area contributed by atoms with Crippen LogP contribution in [0.2, 0.25) is 0 Å². The zero-order valence-electron chi connectivity index (χ0n) is 17.6. The highest BCUT2D eigenvalue weighted by Crippen LogP contribution is 2.23. The molecule has 0 aliphatic carbocycles. The summed E-state index contributed by atoms with van der Waals surface area (Å²) < 4.78 is 0. The Morgan fingerprint density at radius 1 is 1.10 bits per heavy atom. The fraction of sp³-hybridized carbons (Fsp3) is 0.333. The number of likely N-dealkylation sites (tertiary alicyclic amines) is 1. The molecule has 1 aliphatic heterocycles. The number of aromatic hydroxyl groups is 1. The van der Waals surface area contributed by atoms with Crippen molar-refractivity contribution in [2.75, 3.05) is 43.9 Å². The second-order valence-corrected chi connectivity index (χ2v) is 7.76. The van der Waals surface area contributed by atoms with E-state index in [0.717, 1.165) is 30.9 Å². The predicted molar refractivity (Wildman–Crippen MR) is 121 cm³/mol. The summed E-state index contributed by atoms with van der Waals surface area (Å²) in [5, 5.41) is 13.0. The third-order valence-corrected chi connectivity index (χ3v) is 5.24. The topological polar surface area (TPSA) is 72.9 Å². The number of amides is 1. The number of carbonyl (C=O) groups excluding carboxylic acids is 2. The van der Waals surface area contributed by atoms with Crippen molar-refractivity contribution in [2.24, 2.45) is 0 Å². The Balaban J connectivity index is 1.56. The largest absolute Gasteiger partial charge is 0.507 e. The summed E-state index contributed by atoms with van der Waals surface area (Å²) in [7, 11) is 3.94. The van der Waals surface area contributed by atoms with Crippen molar-refractivity contribution in [2.45, 2.75) is 19.3 Å². The summed E-state index contributed by atoms with van der Waals surface area (Å²) in [6, 6.07) is 12.4. The first-order valence-corrected chi connectivity index (χ1v) is 10.3. The molecule has 0 aromatic heterocycles. The van der Waals surface area contributed by atoms with E-state index in [1.165, 1.54) is 31.1 Å². The van der Waals surface area contributed by atoms with Gasteiger partial charge in [0.05, 0.1) is 5.56 Å². The summed E-state index contributed by atoms with van der Waals surface area (Å²) >= 11 is 0. The molecule has 30 heavy (non-hydrogen) atoms. The lowest BCUT2D eigenvalue weighted by atomic mass is 10.1. The van der Waals surface area contributed by atoms with Crippen LogP contribution in [0.3, 0.4) is 0 Å². The highest BCUT2D eigenvalue weighted by atomic mass is 16.3. The maximum Gasteiger partial charge on any atom is 0.225 e. The van der Waals surface area contributed by atoms with Gasteiger partial charge in [0.1, 0.15) is 5.75 Å². The van der Waals surface area contributed by atoms with Gasteiger partial charge in [0, 0.05) is 44.5 Å². The van der Waals surface area contributed by atoms with Gasteiger partial charge >= 0.3 is 0 Å². The van der Waals surface area contributed by atoms with E-state index in [1.807, 2.05) is 43.3 Å². The smallest absolute Gasteiger partial charge is 0.225 e. The molecule has 0 radical (unpaired) electrons. The first-order chi connectivity index (χ1) is 14.4. The molecule has 3 rings (SSSR count). The number of nitrogens with zero attached hydrogens (tertiary/aromatic N) is 2. The van der Waals surface area contributed by atoms with Gasteiger partial charge in [-0.15, -0.1) is 0 Å². The average molecular weight is 408 g/mol. The number of allylic oxidation sites excluding steroid dienone is 1. The van der Waals surface area contributed by atoms with E-state index in [-0.39, 0.29) is 23.0 Å². The number of phenolic OH excluding ortho intramolecular Hbond substituents is 1. The van der Waals surface area contributed by atoms with E-state index < -0.39 is 0 Å². The molecule has 2 aromatic rings. The van der Waals surface area contributed by atoms with E-state index in [1.54, 1.807) is 12.1 Å². The number of nitrogens with one attached hydrogen (secondary N) is 1. The molecule has 0 spiro atoms. The van der Waals surface area contributed by atoms with Crippen LogP contribution in [0.5, 0.6) is 5.75 Å². The molecular formula is C24H29N3O3. The molecule has 6 nitrogen and oxygen atoms in total. The quantitative estimate of drug-likeness (QED) is 0.515. The highest BCUT2D eigenvalue weighted by Gasteiger charge is 2.14. The molecule has 1 heterocycles. The standard InChI is InChI=1S/C24H29N3O3/c1-26(2)20-9-5-18(6-10-20)7-12-22(28)21-11-8-19(17-23(21)29)25-24(30)13-16-27-14-3-4-15-27/h5-12,17,29H,3-4,13-16H2,1-2H3,(H,25,30)/b12-7+. The molecule has 2 aromatic carbocycles. The number of carbonyl (C=O) groups is 2. The van der Waals surface area contributed by atoms with Gasteiger partial charge in [0.2, 0.25) is 5.91 Å². The van der Waals surface area contributed by atoms with Crippen molar-refractivity contribution in [3.05, 3.63) is 59.7 Å². The summed E-state index contributed by atoms with van der Waals surface area (Å²) in [5.74, 6) is -0.539. The summed E-state index contributed by atoms with van der Waals surface area (Å²) in [5.41, 5.74) is 2.66. The number of hydrogen-bond donors (Lipinski definition) is 2. The molecule has 0 unspecified atom stereocenters. The maximum absolute atomic E-state index is 12.4. The van der Waals surface area contributed by atoms with Gasteiger partial charge in [0.15, 0.2) is 5.78 Å². The summed E-state index contributed by atoms with van der Waals surface area (Å²) in [6.07, 6.45) is 5.96. The van der Waals surface area contributed by atoms with Gasteiger partial charge in [-0.1, -0.05) is 18.2 Å². The van der Waals surface area contributed by atoms with Gasteiger partial charge < -0.3 is 20.2 Å². The van der Waals surface area contributed by atoms with Crippen LogP contribution in [0.15, 0.2) is 48.5 Å². The van der Waals surface area contributed by atoms with Crippen LogP contribution < -0.4 is 10.2 Å². The second-order valence-electron chi connectivity index (χ2n) is 7.76. The lowest BCUT2D eigenvalue weighted by Gasteiger charge is -2.14. The predicted octanol–water partition coefficient (Wildman–Crippen LogP) is 3.78. The zero-order valence-corrected chi connectivity index (χ0v) is 17.6. The Hall–Kier alpha value is -3.12.